The van der Waals surface area contributed by atoms with Gasteiger partial charge in [-0.15, -0.1) is 0 Å². The second-order valence-corrected chi connectivity index (χ2v) is 4.17. The molecule has 0 aliphatic carbocycles. The van der Waals surface area contributed by atoms with E-state index in [1.54, 1.807) is 0 Å². The van der Waals surface area contributed by atoms with Gasteiger partial charge in [0.05, 0.1) is 11.6 Å². The van der Waals surface area contributed by atoms with Crippen LogP contribution in [0.2, 0.25) is 0 Å². The van der Waals surface area contributed by atoms with Gasteiger partial charge in [0.2, 0.25) is 5.91 Å². The van der Waals surface area contributed by atoms with Crippen molar-refractivity contribution in [1.29, 1.82) is 0 Å². The van der Waals surface area contributed by atoms with Crippen molar-refractivity contribution in [2.45, 2.75) is 31.4 Å². The summed E-state index contributed by atoms with van der Waals surface area (Å²) in [6.07, 6.45) is 0.415. The zero-order chi connectivity index (χ0) is 10.9. The fraction of sp³-hybridized carbons (Fsp3) is 0.417. The van der Waals surface area contributed by atoms with Gasteiger partial charge < -0.3 is 10.4 Å². The van der Waals surface area contributed by atoms with E-state index in [0.717, 1.165) is 5.56 Å². The molecule has 0 saturated carbocycles. The van der Waals surface area contributed by atoms with E-state index < -0.39 is 11.6 Å². The molecule has 3 nitrogen and oxygen atoms in total. The summed E-state index contributed by atoms with van der Waals surface area (Å²) < 4.78 is 0. The van der Waals surface area contributed by atoms with Crippen LogP contribution >= 0.6 is 0 Å². The lowest BCUT2D eigenvalue weighted by Gasteiger charge is -2.39. The number of carbonyl (C=O) groups excluding carboxylic acids is 1. The number of carbonyl (C=O) groups is 1. The maximum atomic E-state index is 11.4. The number of aliphatic hydroxyl groups excluding tert-OH is 1. The minimum absolute atomic E-state index is 0.00616. The van der Waals surface area contributed by atoms with E-state index in [9.17, 15) is 9.90 Å². The van der Waals surface area contributed by atoms with Gasteiger partial charge in [-0.3, -0.25) is 4.79 Å². The molecule has 1 aromatic carbocycles. The largest absolute Gasteiger partial charge is 0.390 e. The molecule has 1 aliphatic rings. The van der Waals surface area contributed by atoms with Crippen LogP contribution in [0.15, 0.2) is 30.3 Å². The average Bonchev–Trinajstić information content (AvgIpc) is 2.25. The minimum atomic E-state index is -0.642. The van der Waals surface area contributed by atoms with Crippen LogP contribution in [0.3, 0.4) is 0 Å². The number of rotatable bonds is 1. The summed E-state index contributed by atoms with van der Waals surface area (Å²) >= 11 is 0. The Bertz CT molecular complexity index is 363. The molecule has 1 heterocycles. The van der Waals surface area contributed by atoms with Gasteiger partial charge in [0, 0.05) is 6.42 Å². The maximum Gasteiger partial charge on any atom is 0.220 e. The Labute approximate surface area is 89.1 Å². The predicted molar refractivity (Wildman–Crippen MR) is 57.2 cm³/mol. The second-order valence-electron chi connectivity index (χ2n) is 4.17. The molecule has 0 bridgehead atoms. The monoisotopic (exact) mass is 205 g/mol. The van der Waals surface area contributed by atoms with E-state index >= 15 is 0 Å². The molecule has 2 rings (SSSR count). The number of aliphatic hydroxyl groups is 1. The van der Waals surface area contributed by atoms with E-state index in [4.69, 9.17) is 0 Å². The van der Waals surface area contributed by atoms with Gasteiger partial charge in [-0.1, -0.05) is 30.3 Å². The Hall–Kier alpha value is -1.35. The molecule has 2 N–H and O–H groups in total. The van der Waals surface area contributed by atoms with Crippen molar-refractivity contribution in [3.8, 4) is 0 Å². The molecule has 1 aliphatic heterocycles. The summed E-state index contributed by atoms with van der Waals surface area (Å²) in [5.41, 5.74) is 0.307. The molecular weight excluding hydrogens is 190 g/mol. The standard InChI is InChI=1S/C12H15NO2/c1-12(9-5-3-2-4-6-9)10(14)7-8-11(15)13-12/h2-6,10,14H,7-8H2,1H3,(H,13,15)/t10-,12+/m1/s1. The van der Waals surface area contributed by atoms with Crippen LogP contribution in [0.25, 0.3) is 0 Å². The highest BCUT2D eigenvalue weighted by atomic mass is 16.3. The summed E-state index contributed by atoms with van der Waals surface area (Å²) in [5, 5.41) is 12.9. The van der Waals surface area contributed by atoms with Gasteiger partial charge >= 0.3 is 0 Å². The van der Waals surface area contributed by atoms with Crippen molar-refractivity contribution >= 4 is 5.91 Å². The first-order valence-electron chi connectivity index (χ1n) is 5.17. The fourth-order valence-corrected chi connectivity index (χ4v) is 2.04. The first-order valence-corrected chi connectivity index (χ1v) is 5.17. The van der Waals surface area contributed by atoms with Gasteiger partial charge in [0.15, 0.2) is 0 Å². The normalized spacial score (nSPS) is 31.1. The first-order chi connectivity index (χ1) is 7.13. The van der Waals surface area contributed by atoms with Crippen LogP contribution in [-0.2, 0) is 10.3 Å². The quantitative estimate of drug-likeness (QED) is 0.723. The molecule has 15 heavy (non-hydrogen) atoms. The second kappa shape index (κ2) is 3.66. The molecule has 0 aromatic heterocycles. The summed E-state index contributed by atoms with van der Waals surface area (Å²) in [5.74, 6) is 0.00616. The molecule has 2 atom stereocenters. The molecular formula is C12H15NO2. The molecule has 0 unspecified atom stereocenters. The summed E-state index contributed by atoms with van der Waals surface area (Å²) in [6, 6.07) is 9.59. The lowest BCUT2D eigenvalue weighted by molar-refractivity contribution is -0.129. The SMILES string of the molecule is C[C@@]1(c2ccccc2)NC(=O)CC[C@H]1O. The van der Waals surface area contributed by atoms with Crippen LogP contribution in [0.5, 0.6) is 0 Å². The number of hydrogen-bond donors (Lipinski definition) is 2. The Morgan fingerprint density at radius 2 is 2.07 bits per heavy atom. The van der Waals surface area contributed by atoms with Gasteiger partial charge in [-0.25, -0.2) is 0 Å². The van der Waals surface area contributed by atoms with E-state index in [0.29, 0.717) is 12.8 Å². The number of amides is 1. The highest BCUT2D eigenvalue weighted by Gasteiger charge is 2.39. The molecule has 1 amide bonds. The third-order valence-corrected chi connectivity index (χ3v) is 3.08. The Morgan fingerprint density at radius 1 is 1.40 bits per heavy atom. The van der Waals surface area contributed by atoms with Crippen molar-refractivity contribution < 1.29 is 9.90 Å². The smallest absolute Gasteiger partial charge is 0.220 e. The van der Waals surface area contributed by atoms with Crippen molar-refractivity contribution in [3.05, 3.63) is 35.9 Å². The number of hydrogen-bond acceptors (Lipinski definition) is 2. The van der Waals surface area contributed by atoms with Crippen molar-refractivity contribution in [2.75, 3.05) is 0 Å². The molecule has 0 radical (unpaired) electrons. The highest BCUT2D eigenvalue weighted by molar-refractivity contribution is 5.78. The van der Waals surface area contributed by atoms with Crippen molar-refractivity contribution in [2.24, 2.45) is 0 Å². The van der Waals surface area contributed by atoms with Gasteiger partial charge in [0.1, 0.15) is 0 Å². The van der Waals surface area contributed by atoms with Crippen molar-refractivity contribution in [1.82, 2.24) is 5.32 Å². The van der Waals surface area contributed by atoms with Crippen LogP contribution < -0.4 is 5.32 Å². The zero-order valence-electron chi connectivity index (χ0n) is 8.73. The van der Waals surface area contributed by atoms with Crippen LogP contribution in [0.4, 0.5) is 0 Å². The van der Waals surface area contributed by atoms with Crippen LogP contribution in [-0.4, -0.2) is 17.1 Å². The summed E-state index contributed by atoms with van der Waals surface area (Å²) in [7, 11) is 0. The lowest BCUT2D eigenvalue weighted by Crippen LogP contribution is -2.55. The third-order valence-electron chi connectivity index (χ3n) is 3.08. The van der Waals surface area contributed by atoms with E-state index in [1.807, 2.05) is 37.3 Å². The van der Waals surface area contributed by atoms with E-state index in [1.165, 1.54) is 0 Å². The zero-order valence-corrected chi connectivity index (χ0v) is 8.73. The summed E-state index contributed by atoms with van der Waals surface area (Å²) in [4.78, 5) is 11.4. The molecule has 1 saturated heterocycles. The number of benzene rings is 1. The minimum Gasteiger partial charge on any atom is -0.390 e. The number of nitrogens with one attached hydrogen (secondary N) is 1. The number of piperidine rings is 1. The van der Waals surface area contributed by atoms with Gasteiger partial charge in [-0.2, -0.15) is 0 Å². The molecule has 3 heteroatoms. The topological polar surface area (TPSA) is 49.3 Å². The molecule has 80 valence electrons. The van der Waals surface area contributed by atoms with Gasteiger partial charge in [-0.05, 0) is 18.9 Å². The fourth-order valence-electron chi connectivity index (χ4n) is 2.04. The molecule has 1 aromatic rings. The summed E-state index contributed by atoms with van der Waals surface area (Å²) in [6.45, 7) is 1.87. The third kappa shape index (κ3) is 1.75. The van der Waals surface area contributed by atoms with Crippen LogP contribution in [0, 0.1) is 0 Å². The lowest BCUT2D eigenvalue weighted by atomic mass is 9.81. The van der Waals surface area contributed by atoms with E-state index in [-0.39, 0.29) is 5.91 Å². The van der Waals surface area contributed by atoms with E-state index in [2.05, 4.69) is 5.32 Å². The average molecular weight is 205 g/mol. The molecule has 1 fully saturated rings. The van der Waals surface area contributed by atoms with Gasteiger partial charge in [0.25, 0.3) is 0 Å². The predicted octanol–water partition coefficient (Wildman–Crippen LogP) is 1.17. The van der Waals surface area contributed by atoms with Crippen molar-refractivity contribution in [3.63, 3.8) is 0 Å². The maximum absolute atomic E-state index is 11.4. The first kappa shape index (κ1) is 10.2. The Morgan fingerprint density at radius 3 is 2.73 bits per heavy atom. The van der Waals surface area contributed by atoms with Crippen LogP contribution in [0.1, 0.15) is 25.3 Å². The highest BCUT2D eigenvalue weighted by Crippen LogP contribution is 2.30. The molecule has 0 spiro atoms. The Kier molecular flexibility index (Phi) is 2.49. The Balaban J connectivity index is 2.35.